The Labute approximate surface area is 87.4 Å². The van der Waals surface area contributed by atoms with Crippen molar-refractivity contribution in [1.82, 2.24) is 14.9 Å². The van der Waals surface area contributed by atoms with Gasteiger partial charge in [0, 0.05) is 24.3 Å². The van der Waals surface area contributed by atoms with Gasteiger partial charge in [0.1, 0.15) is 0 Å². The van der Waals surface area contributed by atoms with Crippen molar-refractivity contribution in [1.29, 1.82) is 0 Å². The Morgan fingerprint density at radius 1 is 1.57 bits per heavy atom. The topological polar surface area (TPSA) is 29.9 Å². The van der Waals surface area contributed by atoms with Gasteiger partial charge in [0.25, 0.3) is 0 Å². The number of aromatic nitrogens is 2. The van der Waals surface area contributed by atoms with Crippen LogP contribution in [0.3, 0.4) is 0 Å². The van der Waals surface area contributed by atoms with E-state index < -0.39 is 0 Å². The van der Waals surface area contributed by atoms with Crippen LogP contribution in [0.15, 0.2) is 29.4 Å². The van der Waals surface area contributed by atoms with Gasteiger partial charge in [-0.1, -0.05) is 0 Å². The zero-order valence-corrected chi connectivity index (χ0v) is 8.92. The van der Waals surface area contributed by atoms with E-state index >= 15 is 0 Å². The predicted octanol–water partition coefficient (Wildman–Crippen LogP) is 1.71. The lowest BCUT2D eigenvalue weighted by Crippen LogP contribution is -2.04. The second-order valence-electron chi connectivity index (χ2n) is 3.20. The zero-order chi connectivity index (χ0) is 9.80. The molecule has 0 bridgehead atoms. The molecule has 1 N–H and O–H groups in total. The summed E-state index contributed by atoms with van der Waals surface area (Å²) in [5.74, 6) is 0. The molecule has 3 nitrogen and oxygen atoms in total. The highest BCUT2D eigenvalue weighted by atomic mass is 32.1. The molecular formula is C10H13N3S. The number of hydrogen-bond acceptors (Lipinski definition) is 3. The summed E-state index contributed by atoms with van der Waals surface area (Å²) >= 11 is 1.64. The Hall–Kier alpha value is -1.13. The van der Waals surface area contributed by atoms with Crippen molar-refractivity contribution >= 4 is 11.3 Å². The lowest BCUT2D eigenvalue weighted by Gasteiger charge is -1.98. The van der Waals surface area contributed by atoms with Crippen LogP contribution < -0.4 is 5.32 Å². The highest BCUT2D eigenvalue weighted by Crippen LogP contribution is 2.06. The summed E-state index contributed by atoms with van der Waals surface area (Å²) in [5, 5.41) is 5.21. The van der Waals surface area contributed by atoms with Gasteiger partial charge in [-0.2, -0.15) is 0 Å². The fraction of sp³-hybridized carbons (Fsp3) is 0.300. The lowest BCUT2D eigenvalue weighted by molar-refractivity contribution is 0.770. The number of rotatable bonds is 4. The third kappa shape index (κ3) is 2.21. The average Bonchev–Trinajstić information content (AvgIpc) is 2.79. The highest BCUT2D eigenvalue weighted by Gasteiger charge is 1.98. The normalized spacial score (nSPS) is 10.6. The second-order valence-corrected chi connectivity index (χ2v) is 3.92. The van der Waals surface area contributed by atoms with Crippen molar-refractivity contribution in [2.45, 2.75) is 13.1 Å². The third-order valence-electron chi connectivity index (χ3n) is 2.02. The summed E-state index contributed by atoms with van der Waals surface area (Å²) in [5.41, 5.74) is 4.30. The average molecular weight is 207 g/mol. The zero-order valence-electron chi connectivity index (χ0n) is 8.10. The standard InChI is InChI=1S/C10H13N3S/c1-11-4-9-2-3-13(5-9)6-10-7-14-8-12-10/h2-3,5,7-8,11H,4,6H2,1H3. The highest BCUT2D eigenvalue weighted by molar-refractivity contribution is 7.07. The third-order valence-corrected chi connectivity index (χ3v) is 2.66. The minimum Gasteiger partial charge on any atom is -0.348 e. The molecule has 0 aliphatic heterocycles. The van der Waals surface area contributed by atoms with E-state index in [1.165, 1.54) is 5.56 Å². The molecular weight excluding hydrogens is 194 g/mol. The van der Waals surface area contributed by atoms with Gasteiger partial charge < -0.3 is 9.88 Å². The fourth-order valence-electron chi connectivity index (χ4n) is 1.40. The van der Waals surface area contributed by atoms with E-state index in [1.807, 2.05) is 12.6 Å². The molecule has 0 aromatic carbocycles. The molecule has 0 aliphatic rings. The summed E-state index contributed by atoms with van der Waals surface area (Å²) in [6.45, 7) is 1.79. The maximum atomic E-state index is 4.25. The number of nitrogens with one attached hydrogen (secondary N) is 1. The van der Waals surface area contributed by atoms with Crippen molar-refractivity contribution in [2.75, 3.05) is 7.05 Å². The van der Waals surface area contributed by atoms with Gasteiger partial charge in [-0.3, -0.25) is 0 Å². The largest absolute Gasteiger partial charge is 0.348 e. The molecule has 0 fully saturated rings. The maximum absolute atomic E-state index is 4.25. The summed E-state index contributed by atoms with van der Waals surface area (Å²) in [7, 11) is 1.96. The van der Waals surface area contributed by atoms with Gasteiger partial charge in [0.15, 0.2) is 0 Å². The molecule has 2 rings (SSSR count). The van der Waals surface area contributed by atoms with Crippen LogP contribution in [0.5, 0.6) is 0 Å². The first-order valence-electron chi connectivity index (χ1n) is 4.55. The van der Waals surface area contributed by atoms with E-state index in [1.54, 1.807) is 11.3 Å². The van der Waals surface area contributed by atoms with E-state index in [-0.39, 0.29) is 0 Å². The van der Waals surface area contributed by atoms with Gasteiger partial charge in [-0.15, -0.1) is 11.3 Å². The molecule has 2 aromatic heterocycles. The molecule has 0 amide bonds. The Kier molecular flexibility index (Phi) is 2.96. The molecule has 4 heteroatoms. The van der Waals surface area contributed by atoms with Crippen molar-refractivity contribution in [3.8, 4) is 0 Å². The summed E-state index contributed by atoms with van der Waals surface area (Å²) < 4.78 is 2.15. The van der Waals surface area contributed by atoms with E-state index in [9.17, 15) is 0 Å². The van der Waals surface area contributed by atoms with Crippen LogP contribution in [0.4, 0.5) is 0 Å². The molecule has 0 saturated carbocycles. The first kappa shape index (κ1) is 9.43. The Bertz CT molecular complexity index is 378. The molecule has 0 saturated heterocycles. The Balaban J connectivity index is 2.03. The van der Waals surface area contributed by atoms with Crippen LogP contribution in [-0.2, 0) is 13.1 Å². The van der Waals surface area contributed by atoms with E-state index in [2.05, 4.69) is 38.7 Å². The van der Waals surface area contributed by atoms with Crippen molar-refractivity contribution in [3.05, 3.63) is 40.6 Å². The van der Waals surface area contributed by atoms with Crippen LogP contribution in [0.2, 0.25) is 0 Å². The van der Waals surface area contributed by atoms with E-state index in [0.717, 1.165) is 18.8 Å². The quantitative estimate of drug-likeness (QED) is 0.827. The van der Waals surface area contributed by atoms with E-state index in [0.29, 0.717) is 0 Å². The molecule has 14 heavy (non-hydrogen) atoms. The van der Waals surface area contributed by atoms with Crippen molar-refractivity contribution < 1.29 is 0 Å². The molecule has 2 aromatic rings. The van der Waals surface area contributed by atoms with Gasteiger partial charge in [0.05, 0.1) is 17.7 Å². The SMILES string of the molecule is CNCc1ccn(Cc2cscn2)c1. The first-order chi connectivity index (χ1) is 6.88. The fourth-order valence-corrected chi connectivity index (χ4v) is 1.95. The Morgan fingerprint density at radius 3 is 3.21 bits per heavy atom. The van der Waals surface area contributed by atoms with Gasteiger partial charge in [0.2, 0.25) is 0 Å². The maximum Gasteiger partial charge on any atom is 0.0795 e. The van der Waals surface area contributed by atoms with Crippen LogP contribution in [0.1, 0.15) is 11.3 Å². The molecule has 0 atom stereocenters. The number of hydrogen-bond donors (Lipinski definition) is 1. The monoisotopic (exact) mass is 207 g/mol. The van der Waals surface area contributed by atoms with Crippen LogP contribution in [0.25, 0.3) is 0 Å². The lowest BCUT2D eigenvalue weighted by atomic mass is 10.3. The molecule has 2 heterocycles. The van der Waals surface area contributed by atoms with Crippen LogP contribution in [0, 0.1) is 0 Å². The number of nitrogens with zero attached hydrogens (tertiary/aromatic N) is 2. The van der Waals surface area contributed by atoms with E-state index in [4.69, 9.17) is 0 Å². The first-order valence-corrected chi connectivity index (χ1v) is 5.49. The Morgan fingerprint density at radius 2 is 2.50 bits per heavy atom. The van der Waals surface area contributed by atoms with Crippen molar-refractivity contribution in [3.63, 3.8) is 0 Å². The van der Waals surface area contributed by atoms with Crippen molar-refractivity contribution in [2.24, 2.45) is 0 Å². The molecule has 74 valence electrons. The molecule has 0 spiro atoms. The summed E-state index contributed by atoms with van der Waals surface area (Å²) in [4.78, 5) is 4.25. The summed E-state index contributed by atoms with van der Waals surface area (Å²) in [6.07, 6.45) is 4.24. The molecule has 0 unspecified atom stereocenters. The van der Waals surface area contributed by atoms with Crippen LogP contribution in [-0.4, -0.2) is 16.6 Å². The second kappa shape index (κ2) is 4.39. The molecule has 0 aliphatic carbocycles. The molecule has 0 radical (unpaired) electrons. The number of thiazole rings is 1. The minimum absolute atomic E-state index is 0.868. The minimum atomic E-state index is 0.868. The van der Waals surface area contributed by atoms with Gasteiger partial charge in [-0.05, 0) is 18.7 Å². The predicted molar refractivity (Wildman–Crippen MR) is 58.4 cm³/mol. The van der Waals surface area contributed by atoms with Crippen LogP contribution >= 0.6 is 11.3 Å². The summed E-state index contributed by atoms with van der Waals surface area (Å²) in [6, 6.07) is 2.13. The van der Waals surface area contributed by atoms with Gasteiger partial charge in [-0.25, -0.2) is 4.98 Å². The smallest absolute Gasteiger partial charge is 0.0795 e. The van der Waals surface area contributed by atoms with Gasteiger partial charge >= 0.3 is 0 Å².